The molecule has 0 atom stereocenters. The molecule has 2 aromatic rings. The predicted molar refractivity (Wildman–Crippen MR) is 96.6 cm³/mol. The molecule has 2 N–H and O–H groups in total. The third kappa shape index (κ3) is 5.00. The standard InChI is InChI=1S/C16H10BrCl2N3O/c17-11-1-4-13(5-2-11)21-9-10(8-20)16(23)22-15-6-3-12(18)7-14(15)19/h1-7,9,21H,(H,22,23)/b10-9-. The molecule has 0 saturated heterocycles. The van der Waals surface area contributed by atoms with Crippen molar-refractivity contribution in [2.24, 2.45) is 0 Å². The lowest BCUT2D eigenvalue weighted by atomic mass is 10.2. The van der Waals surface area contributed by atoms with E-state index in [9.17, 15) is 4.79 Å². The number of hydrogen-bond donors (Lipinski definition) is 2. The van der Waals surface area contributed by atoms with Crippen LogP contribution in [0.2, 0.25) is 10.0 Å². The molecule has 0 bridgehead atoms. The summed E-state index contributed by atoms with van der Waals surface area (Å²) in [6, 6.07) is 13.8. The Bertz CT molecular complexity index is 798. The second kappa shape index (κ2) is 8.02. The number of nitriles is 1. The fourth-order valence-corrected chi connectivity index (χ4v) is 2.35. The summed E-state index contributed by atoms with van der Waals surface area (Å²) in [5.41, 5.74) is 1.04. The largest absolute Gasteiger partial charge is 0.360 e. The Labute approximate surface area is 151 Å². The van der Waals surface area contributed by atoms with Gasteiger partial charge in [-0.25, -0.2) is 0 Å². The van der Waals surface area contributed by atoms with E-state index in [-0.39, 0.29) is 5.57 Å². The van der Waals surface area contributed by atoms with Gasteiger partial charge in [-0.15, -0.1) is 0 Å². The first-order chi connectivity index (χ1) is 11.0. The molecular formula is C16H10BrCl2N3O. The lowest BCUT2D eigenvalue weighted by molar-refractivity contribution is -0.112. The van der Waals surface area contributed by atoms with Crippen LogP contribution >= 0.6 is 39.1 Å². The maximum absolute atomic E-state index is 12.1. The van der Waals surface area contributed by atoms with Crippen molar-refractivity contribution in [2.45, 2.75) is 0 Å². The SMILES string of the molecule is N#C/C(=C/Nc1ccc(Br)cc1)C(=O)Nc1ccc(Cl)cc1Cl. The Morgan fingerprint density at radius 2 is 1.87 bits per heavy atom. The molecule has 0 aliphatic rings. The maximum Gasteiger partial charge on any atom is 0.267 e. The quantitative estimate of drug-likeness (QED) is 0.536. The van der Waals surface area contributed by atoms with Gasteiger partial charge in [0.05, 0.1) is 10.7 Å². The molecule has 0 heterocycles. The molecule has 4 nitrogen and oxygen atoms in total. The summed E-state index contributed by atoms with van der Waals surface area (Å²) >= 11 is 15.1. The Balaban J connectivity index is 2.10. The summed E-state index contributed by atoms with van der Waals surface area (Å²) in [7, 11) is 0. The molecule has 0 unspecified atom stereocenters. The summed E-state index contributed by atoms with van der Waals surface area (Å²) in [4.78, 5) is 12.1. The second-order valence-electron chi connectivity index (χ2n) is 4.40. The highest BCUT2D eigenvalue weighted by molar-refractivity contribution is 9.10. The minimum atomic E-state index is -0.568. The van der Waals surface area contributed by atoms with Crippen LogP contribution in [0, 0.1) is 11.3 Å². The average Bonchev–Trinajstić information content (AvgIpc) is 2.52. The highest BCUT2D eigenvalue weighted by Crippen LogP contribution is 2.25. The lowest BCUT2D eigenvalue weighted by Crippen LogP contribution is -2.14. The molecule has 0 spiro atoms. The van der Waals surface area contributed by atoms with E-state index < -0.39 is 5.91 Å². The number of nitrogens with zero attached hydrogens (tertiary/aromatic N) is 1. The van der Waals surface area contributed by atoms with E-state index in [0.717, 1.165) is 10.2 Å². The minimum absolute atomic E-state index is 0.0843. The first-order valence-electron chi connectivity index (χ1n) is 6.38. The number of carbonyl (C=O) groups is 1. The Hall–Kier alpha value is -2.00. The number of anilines is 2. The lowest BCUT2D eigenvalue weighted by Gasteiger charge is -2.07. The van der Waals surface area contributed by atoms with Gasteiger partial charge in [0.2, 0.25) is 0 Å². The number of nitrogens with one attached hydrogen (secondary N) is 2. The molecule has 1 amide bonds. The molecule has 0 saturated carbocycles. The Kier molecular flexibility index (Phi) is 6.05. The molecule has 0 radical (unpaired) electrons. The van der Waals surface area contributed by atoms with Crippen molar-refractivity contribution in [1.29, 1.82) is 5.26 Å². The molecule has 0 aliphatic carbocycles. The minimum Gasteiger partial charge on any atom is -0.360 e. The Morgan fingerprint density at radius 3 is 2.48 bits per heavy atom. The molecule has 0 aliphatic heterocycles. The molecule has 23 heavy (non-hydrogen) atoms. The maximum atomic E-state index is 12.1. The van der Waals surface area contributed by atoms with Gasteiger partial charge in [-0.3, -0.25) is 4.79 Å². The monoisotopic (exact) mass is 409 g/mol. The smallest absolute Gasteiger partial charge is 0.267 e. The second-order valence-corrected chi connectivity index (χ2v) is 6.16. The van der Waals surface area contributed by atoms with Gasteiger partial charge >= 0.3 is 0 Å². The van der Waals surface area contributed by atoms with Gasteiger partial charge in [0.15, 0.2) is 0 Å². The molecule has 7 heteroatoms. The van der Waals surface area contributed by atoms with Crippen LogP contribution in [0.4, 0.5) is 11.4 Å². The molecule has 0 fully saturated rings. The van der Waals surface area contributed by atoms with Crippen LogP contribution in [0.3, 0.4) is 0 Å². The number of carbonyl (C=O) groups excluding carboxylic acids is 1. The fraction of sp³-hybridized carbons (Fsp3) is 0. The third-order valence-electron chi connectivity index (χ3n) is 2.77. The number of amides is 1. The number of benzene rings is 2. The molecule has 2 aromatic carbocycles. The molecule has 2 rings (SSSR count). The molecule has 0 aromatic heterocycles. The van der Waals surface area contributed by atoms with Crippen molar-refractivity contribution < 1.29 is 4.79 Å². The van der Waals surface area contributed by atoms with Gasteiger partial charge in [0.25, 0.3) is 5.91 Å². The number of halogens is 3. The Morgan fingerprint density at radius 1 is 1.17 bits per heavy atom. The van der Waals surface area contributed by atoms with Crippen molar-refractivity contribution >= 4 is 56.4 Å². The summed E-state index contributed by atoms with van der Waals surface area (Å²) in [6.07, 6.45) is 1.34. The first-order valence-corrected chi connectivity index (χ1v) is 7.93. The molecule has 116 valence electrons. The van der Waals surface area contributed by atoms with E-state index in [1.54, 1.807) is 12.1 Å². The topological polar surface area (TPSA) is 64.9 Å². The van der Waals surface area contributed by atoms with Gasteiger partial charge in [-0.2, -0.15) is 5.26 Å². The summed E-state index contributed by atoms with van der Waals surface area (Å²) < 4.78 is 0.933. The van der Waals surface area contributed by atoms with Crippen LogP contribution in [-0.2, 0) is 4.79 Å². The third-order valence-corrected chi connectivity index (χ3v) is 3.85. The predicted octanol–water partition coefficient (Wildman–Crippen LogP) is 5.21. The van der Waals surface area contributed by atoms with E-state index in [0.29, 0.717) is 15.7 Å². The average molecular weight is 411 g/mol. The zero-order valence-corrected chi connectivity index (χ0v) is 14.7. The molecular weight excluding hydrogens is 401 g/mol. The van der Waals surface area contributed by atoms with E-state index in [4.69, 9.17) is 28.5 Å². The normalized spacial score (nSPS) is 10.8. The van der Waals surface area contributed by atoms with Gasteiger partial charge in [0, 0.05) is 21.4 Å². The van der Waals surface area contributed by atoms with Crippen LogP contribution in [0.25, 0.3) is 0 Å². The zero-order chi connectivity index (χ0) is 16.8. The van der Waals surface area contributed by atoms with Crippen molar-refractivity contribution in [3.63, 3.8) is 0 Å². The van der Waals surface area contributed by atoms with E-state index in [2.05, 4.69) is 26.6 Å². The van der Waals surface area contributed by atoms with E-state index >= 15 is 0 Å². The number of rotatable bonds is 4. The van der Waals surface area contributed by atoms with Crippen molar-refractivity contribution in [3.05, 3.63) is 68.8 Å². The highest BCUT2D eigenvalue weighted by Gasteiger charge is 2.11. The van der Waals surface area contributed by atoms with E-state index in [1.165, 1.54) is 12.3 Å². The van der Waals surface area contributed by atoms with E-state index in [1.807, 2.05) is 30.3 Å². The highest BCUT2D eigenvalue weighted by atomic mass is 79.9. The van der Waals surface area contributed by atoms with Crippen molar-refractivity contribution in [2.75, 3.05) is 10.6 Å². The fourth-order valence-electron chi connectivity index (χ4n) is 1.63. The number of hydrogen-bond acceptors (Lipinski definition) is 3. The van der Waals surface area contributed by atoms with Crippen molar-refractivity contribution in [1.82, 2.24) is 0 Å². The van der Waals surface area contributed by atoms with Gasteiger partial charge in [0.1, 0.15) is 11.6 Å². The van der Waals surface area contributed by atoms with Crippen LogP contribution < -0.4 is 10.6 Å². The zero-order valence-electron chi connectivity index (χ0n) is 11.6. The van der Waals surface area contributed by atoms with Gasteiger partial charge < -0.3 is 10.6 Å². The summed E-state index contributed by atoms with van der Waals surface area (Å²) in [5, 5.41) is 15.3. The summed E-state index contributed by atoms with van der Waals surface area (Å²) in [5.74, 6) is -0.568. The van der Waals surface area contributed by atoms with Crippen LogP contribution in [0.15, 0.2) is 58.7 Å². The first kappa shape index (κ1) is 17.4. The van der Waals surface area contributed by atoms with Gasteiger partial charge in [-0.05, 0) is 42.5 Å². The van der Waals surface area contributed by atoms with Crippen LogP contribution in [0.1, 0.15) is 0 Å². The van der Waals surface area contributed by atoms with Crippen LogP contribution in [-0.4, -0.2) is 5.91 Å². The van der Waals surface area contributed by atoms with Crippen LogP contribution in [0.5, 0.6) is 0 Å². The van der Waals surface area contributed by atoms with Crippen molar-refractivity contribution in [3.8, 4) is 6.07 Å². The summed E-state index contributed by atoms with van der Waals surface area (Å²) in [6.45, 7) is 0. The van der Waals surface area contributed by atoms with Gasteiger partial charge in [-0.1, -0.05) is 39.1 Å².